The normalized spacial score (nSPS) is 11.4. The van der Waals surface area contributed by atoms with Crippen molar-refractivity contribution < 1.29 is 19.4 Å². The van der Waals surface area contributed by atoms with Gasteiger partial charge in [-0.2, -0.15) is 9.78 Å². The van der Waals surface area contributed by atoms with Crippen molar-refractivity contribution in [2.45, 2.75) is 26.4 Å². The van der Waals surface area contributed by atoms with Gasteiger partial charge in [-0.15, -0.1) is 0 Å². The Bertz CT molecular complexity index is 1560. The average Bonchev–Trinajstić information content (AvgIpc) is 2.88. The molecule has 4 aromatic rings. The average molecular weight is 629 g/mol. The molecule has 0 fully saturated rings. The highest BCUT2D eigenvalue weighted by Crippen LogP contribution is 2.33. The van der Waals surface area contributed by atoms with Crippen LogP contribution in [0.1, 0.15) is 47.1 Å². The van der Waals surface area contributed by atoms with Crippen molar-refractivity contribution in [1.29, 1.82) is 0 Å². The van der Waals surface area contributed by atoms with Crippen LogP contribution in [0.25, 0.3) is 10.9 Å². The minimum atomic E-state index is -0.981. The standard InChI is InChI=1S/C27H23Br2N3O5/c1-15(2)25-31-22-9-8-19(28)11-20(22)26(33)32(25)30-13-18-10-23(36-3)24(12-21(18)29)37-14-16-4-6-17(7-5-16)27(34)35/h4-13,15H,14H2,1-3H3,(H,34,35). The molecule has 0 bridgehead atoms. The summed E-state index contributed by atoms with van der Waals surface area (Å²) in [5.41, 5.74) is 2.05. The lowest BCUT2D eigenvalue weighted by Crippen LogP contribution is -2.23. The summed E-state index contributed by atoms with van der Waals surface area (Å²) in [6.45, 7) is 4.14. The minimum Gasteiger partial charge on any atom is -0.493 e. The van der Waals surface area contributed by atoms with E-state index in [9.17, 15) is 9.59 Å². The predicted octanol–water partition coefficient (Wildman–Crippen LogP) is 6.21. The van der Waals surface area contributed by atoms with Crippen LogP contribution in [0.3, 0.4) is 0 Å². The van der Waals surface area contributed by atoms with Crippen LogP contribution in [0.15, 0.2) is 73.4 Å². The first-order chi connectivity index (χ1) is 17.7. The number of methoxy groups -OCH3 is 1. The van der Waals surface area contributed by atoms with E-state index in [0.29, 0.717) is 38.3 Å². The quantitative estimate of drug-likeness (QED) is 0.233. The summed E-state index contributed by atoms with van der Waals surface area (Å²) in [5.74, 6) is 0.504. The summed E-state index contributed by atoms with van der Waals surface area (Å²) >= 11 is 6.96. The van der Waals surface area contributed by atoms with E-state index in [0.717, 1.165) is 10.0 Å². The van der Waals surface area contributed by atoms with Crippen LogP contribution in [-0.2, 0) is 6.61 Å². The molecule has 0 atom stereocenters. The summed E-state index contributed by atoms with van der Waals surface area (Å²) < 4.78 is 14.2. The third kappa shape index (κ3) is 5.91. The molecule has 4 rings (SSSR count). The number of aromatic nitrogens is 2. The molecule has 0 unspecified atom stereocenters. The SMILES string of the molecule is COc1cc(C=Nn2c(C(C)C)nc3ccc(Br)cc3c2=O)c(Br)cc1OCc1ccc(C(=O)O)cc1. The Kier molecular flexibility index (Phi) is 8.09. The molecule has 8 nitrogen and oxygen atoms in total. The van der Waals surface area contributed by atoms with E-state index in [1.165, 1.54) is 23.9 Å². The maximum atomic E-state index is 13.3. The highest BCUT2D eigenvalue weighted by Gasteiger charge is 2.15. The van der Waals surface area contributed by atoms with Gasteiger partial charge in [0, 0.05) is 20.4 Å². The largest absolute Gasteiger partial charge is 0.493 e. The maximum Gasteiger partial charge on any atom is 0.335 e. The summed E-state index contributed by atoms with van der Waals surface area (Å²) in [4.78, 5) is 29.0. The predicted molar refractivity (Wildman–Crippen MR) is 149 cm³/mol. The smallest absolute Gasteiger partial charge is 0.335 e. The lowest BCUT2D eigenvalue weighted by molar-refractivity contribution is 0.0697. The molecule has 190 valence electrons. The van der Waals surface area contributed by atoms with E-state index in [4.69, 9.17) is 14.6 Å². The molecule has 0 saturated heterocycles. The number of carboxylic acid groups (broad SMARTS) is 1. The van der Waals surface area contributed by atoms with E-state index in [1.807, 2.05) is 19.9 Å². The zero-order valence-electron chi connectivity index (χ0n) is 20.2. The third-order valence-electron chi connectivity index (χ3n) is 5.54. The topological polar surface area (TPSA) is 103 Å². The Morgan fingerprint density at radius 2 is 1.84 bits per heavy atom. The number of nitrogens with zero attached hydrogens (tertiary/aromatic N) is 3. The van der Waals surface area contributed by atoms with Crippen molar-refractivity contribution in [2.75, 3.05) is 7.11 Å². The van der Waals surface area contributed by atoms with Gasteiger partial charge in [0.15, 0.2) is 11.5 Å². The molecular weight excluding hydrogens is 606 g/mol. The lowest BCUT2D eigenvalue weighted by Gasteiger charge is -2.14. The van der Waals surface area contributed by atoms with Gasteiger partial charge in [-0.25, -0.2) is 9.78 Å². The molecule has 1 N–H and O–H groups in total. The van der Waals surface area contributed by atoms with Gasteiger partial charge < -0.3 is 14.6 Å². The van der Waals surface area contributed by atoms with Crippen molar-refractivity contribution >= 4 is 54.9 Å². The number of fused-ring (bicyclic) bond motifs is 1. The monoisotopic (exact) mass is 627 g/mol. The molecule has 3 aromatic carbocycles. The van der Waals surface area contributed by atoms with E-state index in [-0.39, 0.29) is 23.6 Å². The van der Waals surface area contributed by atoms with Crippen molar-refractivity contribution in [3.63, 3.8) is 0 Å². The molecule has 0 aliphatic rings. The molecule has 1 aromatic heterocycles. The summed E-state index contributed by atoms with van der Waals surface area (Å²) in [6, 6.07) is 15.4. The first-order valence-electron chi connectivity index (χ1n) is 11.3. The molecule has 10 heteroatoms. The summed E-state index contributed by atoms with van der Waals surface area (Å²) in [6.07, 6.45) is 1.57. The molecule has 0 radical (unpaired) electrons. The number of carbonyl (C=O) groups is 1. The molecule has 1 heterocycles. The van der Waals surface area contributed by atoms with E-state index < -0.39 is 5.97 Å². The van der Waals surface area contributed by atoms with Crippen LogP contribution in [0.2, 0.25) is 0 Å². The highest BCUT2D eigenvalue weighted by atomic mass is 79.9. The first kappa shape index (κ1) is 26.6. The molecule has 0 saturated carbocycles. The van der Waals surface area contributed by atoms with Gasteiger partial charge in [0.05, 0.1) is 29.8 Å². The zero-order chi connectivity index (χ0) is 26.7. The Morgan fingerprint density at radius 3 is 2.49 bits per heavy atom. The van der Waals surface area contributed by atoms with Gasteiger partial charge in [-0.05, 0) is 64.0 Å². The summed E-state index contributed by atoms with van der Waals surface area (Å²) in [5, 5.41) is 14.0. The number of carboxylic acids is 1. The highest BCUT2D eigenvalue weighted by molar-refractivity contribution is 9.10. The number of ether oxygens (including phenoxy) is 2. The summed E-state index contributed by atoms with van der Waals surface area (Å²) in [7, 11) is 1.53. The number of benzene rings is 3. The fraction of sp³-hybridized carbons (Fsp3) is 0.185. The molecular formula is C27H23Br2N3O5. The Hall–Kier alpha value is -3.50. The molecule has 0 amide bonds. The van der Waals surface area contributed by atoms with E-state index >= 15 is 0 Å². The number of hydrogen-bond acceptors (Lipinski definition) is 6. The lowest BCUT2D eigenvalue weighted by atomic mass is 10.1. The van der Waals surface area contributed by atoms with Crippen LogP contribution >= 0.6 is 31.9 Å². The van der Waals surface area contributed by atoms with Crippen molar-refractivity contribution in [2.24, 2.45) is 5.10 Å². The fourth-order valence-corrected chi connectivity index (χ4v) is 4.38. The van der Waals surface area contributed by atoms with E-state index in [2.05, 4.69) is 41.9 Å². The first-order valence-corrected chi connectivity index (χ1v) is 12.9. The molecule has 37 heavy (non-hydrogen) atoms. The Balaban J connectivity index is 1.64. The van der Waals surface area contributed by atoms with Gasteiger partial charge in [-0.1, -0.05) is 41.9 Å². The number of aromatic carboxylic acids is 1. The van der Waals surface area contributed by atoms with Crippen LogP contribution in [0.5, 0.6) is 11.5 Å². The Morgan fingerprint density at radius 1 is 1.11 bits per heavy atom. The fourth-order valence-electron chi connectivity index (χ4n) is 3.60. The third-order valence-corrected chi connectivity index (χ3v) is 6.72. The number of rotatable bonds is 8. The van der Waals surface area contributed by atoms with Crippen molar-refractivity contribution in [1.82, 2.24) is 9.66 Å². The van der Waals surface area contributed by atoms with Crippen LogP contribution < -0.4 is 15.0 Å². The van der Waals surface area contributed by atoms with Gasteiger partial charge in [0.2, 0.25) is 0 Å². The number of hydrogen-bond donors (Lipinski definition) is 1. The van der Waals surface area contributed by atoms with Crippen LogP contribution in [0, 0.1) is 0 Å². The zero-order valence-corrected chi connectivity index (χ0v) is 23.4. The second-order valence-electron chi connectivity index (χ2n) is 8.46. The maximum absolute atomic E-state index is 13.3. The van der Waals surface area contributed by atoms with Crippen LogP contribution in [-0.4, -0.2) is 34.1 Å². The number of halogens is 2. The van der Waals surface area contributed by atoms with Gasteiger partial charge in [0.25, 0.3) is 5.56 Å². The van der Waals surface area contributed by atoms with Gasteiger partial charge in [0.1, 0.15) is 12.4 Å². The minimum absolute atomic E-state index is 0.0313. The molecule has 0 aliphatic heterocycles. The Labute approximate surface area is 229 Å². The second kappa shape index (κ2) is 11.3. The van der Waals surface area contributed by atoms with Crippen LogP contribution in [0.4, 0.5) is 0 Å². The van der Waals surface area contributed by atoms with Crippen molar-refractivity contribution in [3.8, 4) is 11.5 Å². The molecule has 0 aliphatic carbocycles. The molecule has 0 spiro atoms. The van der Waals surface area contributed by atoms with Crippen molar-refractivity contribution in [3.05, 3.63) is 96.4 Å². The van der Waals surface area contributed by atoms with Gasteiger partial charge in [-0.3, -0.25) is 4.79 Å². The van der Waals surface area contributed by atoms with E-state index in [1.54, 1.807) is 42.6 Å². The van der Waals surface area contributed by atoms with Gasteiger partial charge >= 0.3 is 5.97 Å². The second-order valence-corrected chi connectivity index (χ2v) is 10.2.